The Bertz CT molecular complexity index is 820. The zero-order valence-electron chi connectivity index (χ0n) is 17.2. The van der Waals surface area contributed by atoms with Crippen LogP contribution in [0.2, 0.25) is 0 Å². The lowest BCUT2D eigenvalue weighted by atomic mass is 9.91. The Morgan fingerprint density at radius 2 is 1.62 bits per heavy atom. The summed E-state index contributed by atoms with van der Waals surface area (Å²) in [6.07, 6.45) is 19.8. The summed E-state index contributed by atoms with van der Waals surface area (Å²) in [4.78, 5) is 7.21. The molecular weight excluding hydrogens is 376 g/mol. The molecule has 5 rings (SSSR count). The van der Waals surface area contributed by atoms with Gasteiger partial charge in [0.1, 0.15) is 0 Å². The summed E-state index contributed by atoms with van der Waals surface area (Å²) in [7, 11) is 0. The molecule has 1 aliphatic heterocycles. The van der Waals surface area contributed by atoms with Gasteiger partial charge in [-0.2, -0.15) is 0 Å². The van der Waals surface area contributed by atoms with E-state index in [0.29, 0.717) is 12.1 Å². The zero-order chi connectivity index (χ0) is 19.6. The predicted molar refractivity (Wildman–Crippen MR) is 121 cm³/mol. The summed E-state index contributed by atoms with van der Waals surface area (Å²) in [5.41, 5.74) is 2.47. The van der Waals surface area contributed by atoms with Crippen LogP contribution < -0.4 is 5.32 Å². The van der Waals surface area contributed by atoms with Crippen LogP contribution in [0.5, 0.6) is 0 Å². The second kappa shape index (κ2) is 8.47. The number of pyridine rings is 1. The molecule has 0 amide bonds. The molecule has 2 aliphatic carbocycles. The lowest BCUT2D eigenvalue weighted by Crippen LogP contribution is -2.40. The topological polar surface area (TPSA) is 33.1 Å². The van der Waals surface area contributed by atoms with E-state index in [2.05, 4.69) is 45.4 Å². The van der Waals surface area contributed by atoms with Gasteiger partial charge in [0.15, 0.2) is 5.11 Å². The van der Waals surface area contributed by atoms with Crippen LogP contribution in [-0.2, 0) is 0 Å². The van der Waals surface area contributed by atoms with Crippen LogP contribution >= 0.6 is 12.2 Å². The fourth-order valence-electron chi connectivity index (χ4n) is 5.69. The summed E-state index contributed by atoms with van der Waals surface area (Å²) in [5, 5.41) is 4.55. The van der Waals surface area contributed by atoms with E-state index < -0.39 is 0 Å². The Morgan fingerprint density at radius 1 is 0.897 bits per heavy atom. The van der Waals surface area contributed by atoms with Crippen molar-refractivity contribution in [2.45, 2.75) is 88.4 Å². The van der Waals surface area contributed by atoms with Gasteiger partial charge < -0.3 is 14.8 Å². The molecule has 2 atom stereocenters. The molecule has 0 spiro atoms. The number of thiocarbonyl (C=S) groups is 1. The number of aromatic nitrogens is 2. The van der Waals surface area contributed by atoms with Crippen LogP contribution in [0.15, 0.2) is 42.9 Å². The van der Waals surface area contributed by atoms with Crippen LogP contribution in [0, 0.1) is 0 Å². The molecule has 3 heterocycles. The number of nitrogens with zero attached hydrogens (tertiary/aromatic N) is 3. The van der Waals surface area contributed by atoms with Gasteiger partial charge in [0.05, 0.1) is 17.8 Å². The quantitative estimate of drug-likeness (QED) is 0.659. The third-order valence-electron chi connectivity index (χ3n) is 7.18. The predicted octanol–water partition coefficient (Wildman–Crippen LogP) is 5.69. The van der Waals surface area contributed by atoms with Crippen LogP contribution in [0.1, 0.15) is 93.6 Å². The second-order valence-electron chi connectivity index (χ2n) is 9.01. The smallest absolute Gasteiger partial charge is 0.170 e. The SMILES string of the molecule is S=C1N[C@@H](c2ccccn2)[C@H](c2ccn(C3CCCCC3)c2)N1C1CCCCC1. The van der Waals surface area contributed by atoms with Gasteiger partial charge in [-0.3, -0.25) is 4.98 Å². The van der Waals surface area contributed by atoms with Gasteiger partial charge in [0.25, 0.3) is 0 Å². The molecule has 3 aliphatic rings. The Labute approximate surface area is 179 Å². The van der Waals surface area contributed by atoms with Gasteiger partial charge in [-0.05, 0) is 61.7 Å². The minimum Gasteiger partial charge on any atom is -0.352 e. The molecule has 0 unspecified atom stereocenters. The van der Waals surface area contributed by atoms with E-state index in [1.54, 1.807) is 0 Å². The molecule has 154 valence electrons. The zero-order valence-corrected chi connectivity index (χ0v) is 18.0. The summed E-state index contributed by atoms with van der Waals surface area (Å²) in [6, 6.07) is 10.1. The van der Waals surface area contributed by atoms with E-state index in [1.165, 1.54) is 69.8 Å². The summed E-state index contributed by atoms with van der Waals surface area (Å²) >= 11 is 5.89. The molecule has 1 N–H and O–H groups in total. The second-order valence-corrected chi connectivity index (χ2v) is 9.40. The van der Waals surface area contributed by atoms with Crippen molar-refractivity contribution < 1.29 is 0 Å². The first-order chi connectivity index (χ1) is 14.3. The standard InChI is InChI=1S/C24H32N4S/c29-24-26-22(21-13-7-8-15-25-21)23(28(24)20-11-5-2-6-12-20)18-14-16-27(17-18)19-9-3-1-4-10-19/h7-8,13-17,19-20,22-23H,1-6,9-12H2,(H,26,29)/t22-,23-/m0/s1. The molecule has 0 bridgehead atoms. The summed E-state index contributed by atoms with van der Waals surface area (Å²) in [6.45, 7) is 0. The highest BCUT2D eigenvalue weighted by Gasteiger charge is 2.43. The highest BCUT2D eigenvalue weighted by atomic mass is 32.1. The Kier molecular flexibility index (Phi) is 5.58. The van der Waals surface area contributed by atoms with E-state index in [4.69, 9.17) is 17.2 Å². The van der Waals surface area contributed by atoms with Gasteiger partial charge in [0, 0.05) is 30.7 Å². The summed E-state index contributed by atoms with van der Waals surface area (Å²) in [5.74, 6) is 0. The molecular formula is C24H32N4S. The van der Waals surface area contributed by atoms with Gasteiger partial charge in [0.2, 0.25) is 0 Å². The number of hydrogen-bond acceptors (Lipinski definition) is 2. The van der Waals surface area contributed by atoms with Crippen molar-refractivity contribution in [3.05, 3.63) is 54.1 Å². The fraction of sp³-hybridized carbons (Fsp3) is 0.583. The number of hydrogen-bond donors (Lipinski definition) is 1. The average molecular weight is 409 g/mol. The minimum atomic E-state index is 0.118. The molecule has 3 fully saturated rings. The van der Waals surface area contributed by atoms with E-state index in [9.17, 15) is 0 Å². The average Bonchev–Trinajstić information content (AvgIpc) is 3.40. The minimum absolute atomic E-state index is 0.118. The lowest BCUT2D eigenvalue weighted by Gasteiger charge is -2.36. The monoisotopic (exact) mass is 408 g/mol. The third kappa shape index (κ3) is 3.81. The van der Waals surface area contributed by atoms with Crippen molar-refractivity contribution in [3.63, 3.8) is 0 Å². The molecule has 0 radical (unpaired) electrons. The van der Waals surface area contributed by atoms with E-state index >= 15 is 0 Å². The Hall–Kier alpha value is -1.88. The van der Waals surface area contributed by atoms with Gasteiger partial charge in [-0.15, -0.1) is 0 Å². The maximum Gasteiger partial charge on any atom is 0.170 e. The van der Waals surface area contributed by atoms with Crippen molar-refractivity contribution in [1.82, 2.24) is 19.8 Å². The van der Waals surface area contributed by atoms with Crippen molar-refractivity contribution in [2.75, 3.05) is 0 Å². The first kappa shape index (κ1) is 19.1. The molecule has 1 saturated heterocycles. The van der Waals surface area contributed by atoms with Gasteiger partial charge >= 0.3 is 0 Å². The van der Waals surface area contributed by atoms with Crippen LogP contribution in [0.25, 0.3) is 0 Å². The van der Waals surface area contributed by atoms with E-state index in [0.717, 1.165) is 10.8 Å². The van der Waals surface area contributed by atoms with E-state index in [-0.39, 0.29) is 12.1 Å². The fourth-order valence-corrected chi connectivity index (χ4v) is 6.08. The molecule has 5 heteroatoms. The maximum absolute atomic E-state index is 5.89. The maximum atomic E-state index is 5.89. The highest BCUT2D eigenvalue weighted by molar-refractivity contribution is 7.80. The Balaban J connectivity index is 1.49. The first-order valence-electron chi connectivity index (χ1n) is 11.5. The Morgan fingerprint density at radius 3 is 2.31 bits per heavy atom. The van der Waals surface area contributed by atoms with Gasteiger partial charge in [-0.25, -0.2) is 0 Å². The van der Waals surface area contributed by atoms with Crippen molar-refractivity contribution in [1.29, 1.82) is 0 Å². The first-order valence-corrected chi connectivity index (χ1v) is 11.9. The molecule has 2 saturated carbocycles. The summed E-state index contributed by atoms with van der Waals surface area (Å²) < 4.78 is 2.48. The number of rotatable bonds is 4. The van der Waals surface area contributed by atoms with Crippen LogP contribution in [-0.4, -0.2) is 25.6 Å². The van der Waals surface area contributed by atoms with Gasteiger partial charge in [-0.1, -0.05) is 44.6 Å². The highest BCUT2D eigenvalue weighted by Crippen LogP contribution is 2.43. The molecule has 2 aromatic rings. The normalized spacial score (nSPS) is 26.6. The van der Waals surface area contributed by atoms with Crippen LogP contribution in [0.4, 0.5) is 0 Å². The molecule has 0 aromatic carbocycles. The third-order valence-corrected chi connectivity index (χ3v) is 7.51. The van der Waals surface area contributed by atoms with Crippen molar-refractivity contribution in [2.24, 2.45) is 0 Å². The van der Waals surface area contributed by atoms with Crippen molar-refractivity contribution in [3.8, 4) is 0 Å². The molecule has 4 nitrogen and oxygen atoms in total. The lowest BCUT2D eigenvalue weighted by molar-refractivity contribution is 0.197. The number of nitrogens with one attached hydrogen (secondary N) is 1. The van der Waals surface area contributed by atoms with Crippen molar-refractivity contribution >= 4 is 17.3 Å². The molecule has 29 heavy (non-hydrogen) atoms. The molecule has 2 aromatic heterocycles. The van der Waals surface area contributed by atoms with Crippen LogP contribution in [0.3, 0.4) is 0 Å². The largest absolute Gasteiger partial charge is 0.352 e. The van der Waals surface area contributed by atoms with E-state index in [1.807, 2.05) is 12.3 Å².